The average molecular weight is 511 g/mol. The Labute approximate surface area is 214 Å². The Morgan fingerprint density at radius 2 is 1.86 bits per heavy atom. The third kappa shape index (κ3) is 5.25. The van der Waals surface area contributed by atoms with Crippen LogP contribution in [0.3, 0.4) is 0 Å². The molecule has 35 heavy (non-hydrogen) atoms. The number of carbonyl (C=O) groups excluding carboxylic acids is 1. The smallest absolute Gasteiger partial charge is 0.393 e. The standard InChI is InChI=1S/C27H28Cl2N4O2/c1-17(2)32-11-9-21(10-12-32)31-27(34)35-25-14-19-5-3-4-6-24(19)33(25)16-22-13-18-7-8-20(28)15-23(18)26(29)30-22/h3-8,13-15,17,21H,9-12,16H2,1-2H3,(H,31,34). The number of hydrogen-bond acceptors (Lipinski definition) is 4. The SMILES string of the molecule is CC(C)N1CCC(NC(=O)Oc2cc3ccccc3n2Cc2cc3ccc(Cl)cc3c(Cl)n2)CC1. The van der Waals surface area contributed by atoms with Crippen LogP contribution >= 0.6 is 23.2 Å². The van der Waals surface area contributed by atoms with Crippen molar-refractivity contribution in [3.63, 3.8) is 0 Å². The zero-order valence-corrected chi connectivity index (χ0v) is 21.3. The highest BCUT2D eigenvalue weighted by Crippen LogP contribution is 2.30. The fourth-order valence-electron chi connectivity index (χ4n) is 4.76. The molecule has 1 saturated heterocycles. The summed E-state index contributed by atoms with van der Waals surface area (Å²) in [6.45, 7) is 6.76. The van der Waals surface area contributed by atoms with Crippen LogP contribution < -0.4 is 10.1 Å². The van der Waals surface area contributed by atoms with E-state index in [1.165, 1.54) is 0 Å². The largest absolute Gasteiger partial charge is 0.414 e. The minimum absolute atomic E-state index is 0.114. The Kier molecular flexibility index (Phi) is 6.87. The maximum atomic E-state index is 12.8. The van der Waals surface area contributed by atoms with Crippen LogP contribution in [0.5, 0.6) is 5.88 Å². The van der Waals surface area contributed by atoms with Gasteiger partial charge in [0, 0.05) is 47.0 Å². The van der Waals surface area contributed by atoms with Gasteiger partial charge < -0.3 is 19.5 Å². The number of likely N-dealkylation sites (tertiary alicyclic amines) is 1. The molecular formula is C27H28Cl2N4O2. The molecule has 4 aromatic rings. The number of pyridine rings is 1. The third-order valence-corrected chi connectivity index (χ3v) is 7.20. The van der Waals surface area contributed by atoms with E-state index in [0.717, 1.165) is 53.3 Å². The predicted octanol–water partition coefficient (Wildman–Crippen LogP) is 6.51. The number of amides is 1. The highest BCUT2D eigenvalue weighted by atomic mass is 35.5. The molecular weight excluding hydrogens is 483 g/mol. The highest BCUT2D eigenvalue weighted by molar-refractivity contribution is 6.36. The molecule has 3 heterocycles. The van der Waals surface area contributed by atoms with Gasteiger partial charge in [0.2, 0.25) is 5.88 Å². The van der Waals surface area contributed by atoms with Crippen LogP contribution in [0, 0.1) is 0 Å². The van der Waals surface area contributed by atoms with E-state index in [2.05, 4.69) is 29.0 Å². The first-order chi connectivity index (χ1) is 16.9. The number of fused-ring (bicyclic) bond motifs is 2. The zero-order chi connectivity index (χ0) is 24.5. The second-order valence-corrected chi connectivity index (χ2v) is 10.1. The lowest BCUT2D eigenvalue weighted by Crippen LogP contribution is -2.47. The van der Waals surface area contributed by atoms with Crippen molar-refractivity contribution in [2.75, 3.05) is 13.1 Å². The zero-order valence-electron chi connectivity index (χ0n) is 19.8. The molecule has 0 spiro atoms. The maximum absolute atomic E-state index is 12.8. The molecule has 1 aliphatic heterocycles. The maximum Gasteiger partial charge on any atom is 0.414 e. The summed E-state index contributed by atoms with van der Waals surface area (Å²) in [5, 5.41) is 6.80. The van der Waals surface area contributed by atoms with Crippen LogP contribution in [0.4, 0.5) is 4.79 Å². The second-order valence-electron chi connectivity index (χ2n) is 9.34. The van der Waals surface area contributed by atoms with Gasteiger partial charge in [0.1, 0.15) is 5.15 Å². The molecule has 8 heteroatoms. The van der Waals surface area contributed by atoms with Gasteiger partial charge in [-0.1, -0.05) is 47.5 Å². The van der Waals surface area contributed by atoms with Crippen LogP contribution in [-0.2, 0) is 6.54 Å². The van der Waals surface area contributed by atoms with Crippen LogP contribution in [0.1, 0.15) is 32.4 Å². The van der Waals surface area contributed by atoms with E-state index >= 15 is 0 Å². The van der Waals surface area contributed by atoms with E-state index in [0.29, 0.717) is 28.6 Å². The Hall–Kier alpha value is -2.80. The van der Waals surface area contributed by atoms with E-state index in [1.807, 2.05) is 59.2 Å². The number of aromatic nitrogens is 2. The summed E-state index contributed by atoms with van der Waals surface area (Å²) in [5.41, 5.74) is 1.71. The number of hydrogen-bond donors (Lipinski definition) is 1. The quantitative estimate of drug-likeness (QED) is 0.311. The van der Waals surface area contributed by atoms with Gasteiger partial charge in [0.05, 0.1) is 17.8 Å². The van der Waals surface area contributed by atoms with Crippen LogP contribution in [-0.4, -0.2) is 45.7 Å². The summed E-state index contributed by atoms with van der Waals surface area (Å²) in [6, 6.07) is 18.0. The van der Waals surface area contributed by atoms with Gasteiger partial charge in [-0.2, -0.15) is 0 Å². The molecule has 0 aliphatic carbocycles. The van der Waals surface area contributed by atoms with Crippen molar-refractivity contribution in [3.8, 4) is 5.88 Å². The van der Waals surface area contributed by atoms with Crippen molar-refractivity contribution < 1.29 is 9.53 Å². The molecule has 2 aromatic carbocycles. The third-order valence-electron chi connectivity index (χ3n) is 6.67. The first-order valence-electron chi connectivity index (χ1n) is 11.9. The lowest BCUT2D eigenvalue weighted by atomic mass is 10.0. The number of para-hydroxylation sites is 1. The molecule has 2 aromatic heterocycles. The molecule has 1 amide bonds. The first kappa shape index (κ1) is 23.9. The van der Waals surface area contributed by atoms with E-state index in [4.69, 9.17) is 27.9 Å². The first-order valence-corrected chi connectivity index (χ1v) is 12.7. The van der Waals surface area contributed by atoms with Gasteiger partial charge in [0.25, 0.3) is 0 Å². The summed E-state index contributed by atoms with van der Waals surface area (Å²) in [6.07, 6.45) is 1.40. The summed E-state index contributed by atoms with van der Waals surface area (Å²) in [7, 11) is 0. The summed E-state index contributed by atoms with van der Waals surface area (Å²) < 4.78 is 7.79. The number of piperidine rings is 1. The van der Waals surface area contributed by atoms with E-state index in [1.54, 1.807) is 0 Å². The topological polar surface area (TPSA) is 59.4 Å². The average Bonchev–Trinajstić information content (AvgIpc) is 3.16. The number of carbonyl (C=O) groups is 1. The van der Waals surface area contributed by atoms with Crippen molar-refractivity contribution in [2.45, 2.75) is 45.3 Å². The molecule has 6 nitrogen and oxygen atoms in total. The van der Waals surface area contributed by atoms with Gasteiger partial charge in [-0.15, -0.1) is 0 Å². The van der Waals surface area contributed by atoms with Crippen LogP contribution in [0.2, 0.25) is 10.2 Å². The van der Waals surface area contributed by atoms with Crippen LogP contribution in [0.15, 0.2) is 54.6 Å². The Morgan fingerprint density at radius 1 is 1.09 bits per heavy atom. The fraction of sp³-hybridized carbons (Fsp3) is 0.333. The second kappa shape index (κ2) is 10.1. The van der Waals surface area contributed by atoms with Crippen LogP contribution in [0.25, 0.3) is 21.7 Å². The molecule has 0 radical (unpaired) electrons. The van der Waals surface area contributed by atoms with E-state index < -0.39 is 6.09 Å². The highest BCUT2D eigenvalue weighted by Gasteiger charge is 2.23. The molecule has 182 valence electrons. The van der Waals surface area contributed by atoms with Crippen molar-refractivity contribution >= 4 is 51.0 Å². The lowest BCUT2D eigenvalue weighted by Gasteiger charge is -2.34. The minimum Gasteiger partial charge on any atom is -0.393 e. The Balaban J connectivity index is 1.38. The van der Waals surface area contributed by atoms with E-state index in [-0.39, 0.29) is 6.04 Å². The van der Waals surface area contributed by atoms with E-state index in [9.17, 15) is 4.79 Å². The molecule has 0 unspecified atom stereocenters. The van der Waals surface area contributed by atoms with Crippen molar-refractivity contribution in [3.05, 3.63) is 70.5 Å². The monoisotopic (exact) mass is 510 g/mol. The Bertz CT molecular complexity index is 1380. The van der Waals surface area contributed by atoms with Gasteiger partial charge in [-0.25, -0.2) is 9.78 Å². The Morgan fingerprint density at radius 3 is 2.63 bits per heavy atom. The number of halogens is 2. The van der Waals surface area contributed by atoms with Gasteiger partial charge >= 0.3 is 6.09 Å². The molecule has 0 saturated carbocycles. The van der Waals surface area contributed by atoms with Gasteiger partial charge in [-0.3, -0.25) is 0 Å². The molecule has 5 rings (SSSR count). The lowest BCUT2D eigenvalue weighted by molar-refractivity contribution is 0.151. The summed E-state index contributed by atoms with van der Waals surface area (Å²) >= 11 is 12.6. The number of nitrogens with one attached hydrogen (secondary N) is 1. The molecule has 1 fully saturated rings. The predicted molar refractivity (Wildman–Crippen MR) is 142 cm³/mol. The fourth-order valence-corrected chi connectivity index (χ4v) is 5.20. The number of nitrogens with zero attached hydrogens (tertiary/aromatic N) is 3. The van der Waals surface area contributed by atoms with Crippen molar-refractivity contribution in [2.24, 2.45) is 0 Å². The number of benzene rings is 2. The molecule has 0 bridgehead atoms. The van der Waals surface area contributed by atoms with Crippen molar-refractivity contribution in [1.82, 2.24) is 19.8 Å². The molecule has 0 atom stereocenters. The number of rotatable bonds is 5. The van der Waals surface area contributed by atoms with Gasteiger partial charge in [0.15, 0.2) is 0 Å². The minimum atomic E-state index is -0.434. The van der Waals surface area contributed by atoms with Crippen molar-refractivity contribution in [1.29, 1.82) is 0 Å². The summed E-state index contributed by atoms with van der Waals surface area (Å²) in [4.78, 5) is 19.8. The van der Waals surface area contributed by atoms with Gasteiger partial charge in [-0.05, 0) is 56.3 Å². The molecule has 1 aliphatic rings. The molecule has 1 N–H and O–H groups in total. The number of ether oxygens (including phenoxy) is 1. The normalized spacial score (nSPS) is 15.2. The summed E-state index contributed by atoms with van der Waals surface area (Å²) in [5.74, 6) is 0.470.